The predicted molar refractivity (Wildman–Crippen MR) is 67.8 cm³/mol. The summed E-state index contributed by atoms with van der Waals surface area (Å²) in [4.78, 5) is 7.87. The minimum absolute atomic E-state index is 0.319. The topological polar surface area (TPSA) is 70.8 Å². The second-order valence-electron chi connectivity index (χ2n) is 3.73. The van der Waals surface area contributed by atoms with Gasteiger partial charge >= 0.3 is 0 Å². The van der Waals surface area contributed by atoms with E-state index in [-0.39, 0.29) is 0 Å². The quantitative estimate of drug-likeness (QED) is 0.892. The van der Waals surface area contributed by atoms with Crippen molar-refractivity contribution in [1.82, 2.24) is 9.97 Å². The van der Waals surface area contributed by atoms with Gasteiger partial charge in [0, 0.05) is 6.07 Å². The number of nitrogens with zero attached hydrogens (tertiary/aromatic N) is 3. The summed E-state index contributed by atoms with van der Waals surface area (Å²) in [7, 11) is 1.61. The second kappa shape index (κ2) is 5.15. The lowest BCUT2D eigenvalue weighted by Crippen LogP contribution is -1.98. The highest BCUT2D eigenvalue weighted by Gasteiger charge is 2.05. The zero-order valence-electron chi connectivity index (χ0n) is 10.1. The number of rotatable bonds is 3. The Morgan fingerprint density at radius 1 is 1.28 bits per heavy atom. The number of hydrogen-bond donors (Lipinski definition) is 1. The van der Waals surface area contributed by atoms with Crippen molar-refractivity contribution in [2.45, 2.75) is 6.92 Å². The standard InChI is InChI=1S/C13H12N4O/c1-9-3-4-12(18-2)11(5-9)17-13-6-10(7-14)15-8-16-13/h3-6,8H,1-2H3,(H,15,16,17). The van der Waals surface area contributed by atoms with Crippen molar-refractivity contribution >= 4 is 11.5 Å². The third-order valence-electron chi connectivity index (χ3n) is 2.40. The molecule has 90 valence electrons. The SMILES string of the molecule is COc1ccc(C)cc1Nc1cc(C#N)ncn1. The van der Waals surface area contributed by atoms with Crippen molar-refractivity contribution < 1.29 is 4.74 Å². The van der Waals surface area contributed by atoms with E-state index in [2.05, 4.69) is 15.3 Å². The van der Waals surface area contributed by atoms with E-state index in [4.69, 9.17) is 10.00 Å². The molecule has 1 heterocycles. The van der Waals surface area contributed by atoms with Gasteiger partial charge in [0.2, 0.25) is 0 Å². The monoisotopic (exact) mass is 240 g/mol. The number of aryl methyl sites for hydroxylation is 1. The van der Waals surface area contributed by atoms with Gasteiger partial charge in [0.25, 0.3) is 0 Å². The summed E-state index contributed by atoms with van der Waals surface area (Å²) in [6.07, 6.45) is 1.35. The molecule has 0 aliphatic carbocycles. The van der Waals surface area contributed by atoms with Gasteiger partial charge in [-0.25, -0.2) is 9.97 Å². The van der Waals surface area contributed by atoms with Crippen molar-refractivity contribution in [3.8, 4) is 11.8 Å². The summed E-state index contributed by atoms with van der Waals surface area (Å²) in [6, 6.07) is 9.35. The predicted octanol–water partition coefficient (Wildman–Crippen LogP) is 2.41. The van der Waals surface area contributed by atoms with Crippen LogP contribution in [0.3, 0.4) is 0 Å². The largest absolute Gasteiger partial charge is 0.495 e. The molecular formula is C13H12N4O. The van der Waals surface area contributed by atoms with Gasteiger partial charge in [-0.15, -0.1) is 0 Å². The van der Waals surface area contributed by atoms with Crippen molar-refractivity contribution in [2.75, 3.05) is 12.4 Å². The highest BCUT2D eigenvalue weighted by atomic mass is 16.5. The molecule has 0 bridgehead atoms. The van der Waals surface area contributed by atoms with Crippen LogP contribution in [0.4, 0.5) is 11.5 Å². The first kappa shape index (κ1) is 11.9. The van der Waals surface area contributed by atoms with Crippen LogP contribution >= 0.6 is 0 Å². The summed E-state index contributed by atoms with van der Waals surface area (Å²) >= 11 is 0. The molecule has 2 aromatic rings. The number of hydrogen-bond acceptors (Lipinski definition) is 5. The zero-order valence-corrected chi connectivity index (χ0v) is 10.1. The van der Waals surface area contributed by atoms with Gasteiger partial charge in [-0.2, -0.15) is 5.26 Å². The molecule has 0 fully saturated rings. The van der Waals surface area contributed by atoms with E-state index < -0.39 is 0 Å². The molecular weight excluding hydrogens is 228 g/mol. The summed E-state index contributed by atoms with van der Waals surface area (Å²) in [5, 5.41) is 11.9. The van der Waals surface area contributed by atoms with E-state index in [0.717, 1.165) is 17.0 Å². The van der Waals surface area contributed by atoms with E-state index >= 15 is 0 Å². The Bertz CT molecular complexity index is 604. The number of anilines is 2. The van der Waals surface area contributed by atoms with Crippen molar-refractivity contribution in [2.24, 2.45) is 0 Å². The Morgan fingerprint density at radius 2 is 2.11 bits per heavy atom. The van der Waals surface area contributed by atoms with Crippen LogP contribution in [0.2, 0.25) is 0 Å². The highest BCUT2D eigenvalue weighted by Crippen LogP contribution is 2.27. The molecule has 1 aromatic carbocycles. The molecule has 0 spiro atoms. The maximum absolute atomic E-state index is 8.78. The molecule has 0 unspecified atom stereocenters. The van der Waals surface area contributed by atoms with Gasteiger partial charge in [0.15, 0.2) is 0 Å². The first-order chi connectivity index (χ1) is 8.72. The molecule has 2 rings (SSSR count). The van der Waals surface area contributed by atoms with Crippen LogP contribution in [0, 0.1) is 18.3 Å². The molecule has 18 heavy (non-hydrogen) atoms. The number of aromatic nitrogens is 2. The van der Waals surface area contributed by atoms with Gasteiger partial charge in [-0.1, -0.05) is 6.07 Å². The lowest BCUT2D eigenvalue weighted by atomic mass is 10.2. The number of benzene rings is 1. The van der Waals surface area contributed by atoms with Crippen LogP contribution in [0.25, 0.3) is 0 Å². The van der Waals surface area contributed by atoms with Crippen LogP contribution in [-0.4, -0.2) is 17.1 Å². The van der Waals surface area contributed by atoms with Crippen LogP contribution in [-0.2, 0) is 0 Å². The number of nitrogens with one attached hydrogen (secondary N) is 1. The lowest BCUT2D eigenvalue weighted by molar-refractivity contribution is 0.416. The normalized spacial score (nSPS) is 9.61. The highest BCUT2D eigenvalue weighted by molar-refractivity contribution is 5.65. The fourth-order valence-corrected chi connectivity index (χ4v) is 1.54. The molecule has 0 atom stereocenters. The Balaban J connectivity index is 2.33. The second-order valence-corrected chi connectivity index (χ2v) is 3.73. The van der Waals surface area contributed by atoms with Gasteiger partial charge in [-0.05, 0) is 24.6 Å². The van der Waals surface area contributed by atoms with Crippen LogP contribution in [0.15, 0.2) is 30.6 Å². The molecule has 0 radical (unpaired) electrons. The average Bonchev–Trinajstić information content (AvgIpc) is 2.39. The molecule has 0 saturated carbocycles. The first-order valence-electron chi connectivity index (χ1n) is 5.36. The fourth-order valence-electron chi connectivity index (χ4n) is 1.54. The Labute approximate surface area is 105 Å². The molecule has 0 aliphatic rings. The maximum atomic E-state index is 8.78. The summed E-state index contributed by atoms with van der Waals surface area (Å²) in [6.45, 7) is 1.99. The molecule has 5 nitrogen and oxygen atoms in total. The zero-order chi connectivity index (χ0) is 13.0. The van der Waals surface area contributed by atoms with E-state index in [1.165, 1.54) is 6.33 Å². The van der Waals surface area contributed by atoms with Crippen LogP contribution in [0.5, 0.6) is 5.75 Å². The minimum atomic E-state index is 0.319. The Hall–Kier alpha value is -2.61. The van der Waals surface area contributed by atoms with Crippen LogP contribution in [0.1, 0.15) is 11.3 Å². The molecule has 0 saturated heterocycles. The lowest BCUT2D eigenvalue weighted by Gasteiger charge is -2.11. The number of ether oxygens (including phenoxy) is 1. The van der Waals surface area contributed by atoms with E-state index in [1.807, 2.05) is 31.2 Å². The number of methoxy groups -OCH3 is 1. The fraction of sp³-hybridized carbons (Fsp3) is 0.154. The number of nitriles is 1. The van der Waals surface area contributed by atoms with Crippen LogP contribution < -0.4 is 10.1 Å². The van der Waals surface area contributed by atoms with E-state index in [1.54, 1.807) is 13.2 Å². The Kier molecular flexibility index (Phi) is 3.39. The maximum Gasteiger partial charge on any atom is 0.145 e. The van der Waals surface area contributed by atoms with Gasteiger partial charge < -0.3 is 10.1 Å². The summed E-state index contributed by atoms with van der Waals surface area (Å²) in [5.74, 6) is 1.28. The average molecular weight is 240 g/mol. The van der Waals surface area contributed by atoms with Gasteiger partial charge in [-0.3, -0.25) is 0 Å². The van der Waals surface area contributed by atoms with Gasteiger partial charge in [0.1, 0.15) is 29.7 Å². The third-order valence-corrected chi connectivity index (χ3v) is 2.40. The van der Waals surface area contributed by atoms with E-state index in [9.17, 15) is 0 Å². The van der Waals surface area contributed by atoms with Crippen molar-refractivity contribution in [1.29, 1.82) is 5.26 Å². The minimum Gasteiger partial charge on any atom is -0.495 e. The molecule has 1 aromatic heterocycles. The smallest absolute Gasteiger partial charge is 0.145 e. The van der Waals surface area contributed by atoms with Crippen molar-refractivity contribution in [3.05, 3.63) is 41.9 Å². The summed E-state index contributed by atoms with van der Waals surface area (Å²) in [5.41, 5.74) is 2.23. The molecule has 5 heteroatoms. The van der Waals surface area contributed by atoms with E-state index in [0.29, 0.717) is 11.5 Å². The van der Waals surface area contributed by atoms with Crippen molar-refractivity contribution in [3.63, 3.8) is 0 Å². The molecule has 0 amide bonds. The molecule has 0 aliphatic heterocycles. The Morgan fingerprint density at radius 3 is 2.83 bits per heavy atom. The molecule has 1 N–H and O–H groups in total. The van der Waals surface area contributed by atoms with Gasteiger partial charge in [0.05, 0.1) is 12.8 Å². The summed E-state index contributed by atoms with van der Waals surface area (Å²) < 4.78 is 5.26. The third kappa shape index (κ3) is 2.55. The first-order valence-corrected chi connectivity index (χ1v) is 5.36.